The van der Waals surface area contributed by atoms with Crippen molar-refractivity contribution in [1.29, 1.82) is 0 Å². The van der Waals surface area contributed by atoms with Crippen molar-refractivity contribution in [2.45, 2.75) is 37.5 Å². The molecule has 8 nitrogen and oxygen atoms in total. The van der Waals surface area contributed by atoms with Crippen LogP contribution in [-0.4, -0.2) is 49.0 Å². The van der Waals surface area contributed by atoms with Gasteiger partial charge >= 0.3 is 0 Å². The normalized spacial score (nSPS) is 17.0. The van der Waals surface area contributed by atoms with Crippen LogP contribution in [0.3, 0.4) is 0 Å². The van der Waals surface area contributed by atoms with Gasteiger partial charge in [-0.05, 0) is 62.6 Å². The van der Waals surface area contributed by atoms with Crippen LogP contribution in [0, 0.1) is 13.8 Å². The van der Waals surface area contributed by atoms with Crippen LogP contribution in [0.4, 0.5) is 5.69 Å². The number of nitrogens with one attached hydrogen (secondary N) is 1. The first-order valence-corrected chi connectivity index (χ1v) is 12.9. The molecule has 1 fully saturated rings. The number of benzene rings is 2. The zero-order valence-corrected chi connectivity index (χ0v) is 20.4. The molecular weight excluding hydrogens is 460 g/mol. The Morgan fingerprint density at radius 1 is 1.15 bits per heavy atom. The lowest BCUT2D eigenvalue weighted by Gasteiger charge is -2.31. The number of aryl methyl sites for hydroxylation is 2. The van der Waals surface area contributed by atoms with Crippen LogP contribution in [0.25, 0.3) is 0 Å². The lowest BCUT2D eigenvalue weighted by Crippen LogP contribution is -2.39. The highest BCUT2D eigenvalue weighted by Gasteiger charge is 2.33. The molecule has 1 atom stereocenters. The van der Waals surface area contributed by atoms with Crippen LogP contribution in [0.15, 0.2) is 47.4 Å². The molecule has 4 rings (SSSR count). The first kappa shape index (κ1) is 23.3. The number of rotatable bonds is 6. The van der Waals surface area contributed by atoms with E-state index in [4.69, 9.17) is 4.74 Å². The predicted molar refractivity (Wildman–Crippen MR) is 128 cm³/mol. The first-order valence-electron chi connectivity index (χ1n) is 10.6. The minimum Gasteiger partial charge on any atom is -0.497 e. The predicted octanol–water partition coefficient (Wildman–Crippen LogP) is 3.98. The number of carbonyl (C=O) groups is 1. The molecule has 10 heteroatoms. The van der Waals surface area contributed by atoms with Gasteiger partial charge in [0.15, 0.2) is 0 Å². The summed E-state index contributed by atoms with van der Waals surface area (Å²) < 4.78 is 33.2. The summed E-state index contributed by atoms with van der Waals surface area (Å²) in [7, 11) is -2.03. The summed E-state index contributed by atoms with van der Waals surface area (Å²) in [5.74, 6) is 0.252. The SMILES string of the molecule is COc1ccc(NC(=O)c2nnc([C@H]3CCCN(S(=O)(=O)c4ccc(C)cc4C)C3)s2)cc1. The Kier molecular flexibility index (Phi) is 6.78. The molecule has 0 spiro atoms. The van der Waals surface area contributed by atoms with E-state index in [1.807, 2.05) is 26.0 Å². The fourth-order valence-electron chi connectivity index (χ4n) is 3.94. The quantitative estimate of drug-likeness (QED) is 0.565. The van der Waals surface area contributed by atoms with Gasteiger partial charge in [-0.2, -0.15) is 4.31 Å². The molecule has 0 bridgehead atoms. The zero-order valence-electron chi connectivity index (χ0n) is 18.7. The number of anilines is 1. The third-order valence-corrected chi connectivity index (χ3v) is 8.77. The van der Waals surface area contributed by atoms with E-state index in [0.717, 1.165) is 24.0 Å². The van der Waals surface area contributed by atoms with Gasteiger partial charge in [-0.25, -0.2) is 8.42 Å². The van der Waals surface area contributed by atoms with Crippen LogP contribution < -0.4 is 10.1 Å². The average Bonchev–Trinajstić information content (AvgIpc) is 3.30. The number of carbonyl (C=O) groups excluding carboxylic acids is 1. The van der Waals surface area contributed by atoms with Gasteiger partial charge in [0.2, 0.25) is 15.0 Å². The molecular formula is C23H26N4O4S2. The zero-order chi connectivity index (χ0) is 23.6. The van der Waals surface area contributed by atoms with Crippen molar-refractivity contribution in [2.24, 2.45) is 0 Å². The van der Waals surface area contributed by atoms with Crippen molar-refractivity contribution < 1.29 is 17.9 Å². The van der Waals surface area contributed by atoms with E-state index in [1.165, 1.54) is 15.6 Å². The second kappa shape index (κ2) is 9.58. The average molecular weight is 487 g/mol. The molecule has 2 heterocycles. The van der Waals surface area contributed by atoms with Crippen molar-refractivity contribution in [3.8, 4) is 5.75 Å². The van der Waals surface area contributed by atoms with E-state index in [9.17, 15) is 13.2 Å². The summed E-state index contributed by atoms with van der Waals surface area (Å²) in [6.45, 7) is 4.55. The van der Waals surface area contributed by atoms with Crippen LogP contribution >= 0.6 is 11.3 Å². The van der Waals surface area contributed by atoms with Gasteiger partial charge in [-0.3, -0.25) is 4.79 Å². The number of methoxy groups -OCH3 is 1. The molecule has 2 aromatic carbocycles. The lowest BCUT2D eigenvalue weighted by atomic mass is 10.0. The van der Waals surface area contributed by atoms with E-state index in [2.05, 4.69) is 15.5 Å². The van der Waals surface area contributed by atoms with E-state index in [1.54, 1.807) is 37.4 Å². The van der Waals surface area contributed by atoms with Crippen molar-refractivity contribution in [3.05, 3.63) is 63.6 Å². The van der Waals surface area contributed by atoms with Gasteiger partial charge in [-0.1, -0.05) is 29.0 Å². The number of hydrogen-bond acceptors (Lipinski definition) is 7. The van der Waals surface area contributed by atoms with Crippen LogP contribution in [0.2, 0.25) is 0 Å². The minimum atomic E-state index is -3.61. The van der Waals surface area contributed by atoms with Gasteiger partial charge in [0.25, 0.3) is 5.91 Å². The molecule has 33 heavy (non-hydrogen) atoms. The molecule has 1 N–H and O–H groups in total. The number of aromatic nitrogens is 2. The second-order valence-corrected chi connectivity index (χ2v) is 11.0. The molecule has 1 aliphatic rings. The molecule has 174 valence electrons. The summed E-state index contributed by atoms with van der Waals surface area (Å²) in [6, 6.07) is 12.4. The molecule has 0 aliphatic carbocycles. The highest BCUT2D eigenvalue weighted by atomic mass is 32.2. The Labute approximate surface area is 197 Å². The van der Waals surface area contributed by atoms with Crippen LogP contribution in [-0.2, 0) is 10.0 Å². The monoisotopic (exact) mass is 486 g/mol. The standard InChI is InChI=1S/C23H26N4O4S2/c1-15-6-11-20(16(2)13-15)33(29,30)27-12-4-5-17(14-27)22-25-26-23(32-22)21(28)24-18-7-9-19(31-3)10-8-18/h6-11,13,17H,4-5,12,14H2,1-3H3,(H,24,28)/t17-/m0/s1. The van der Waals surface area contributed by atoms with Crippen molar-refractivity contribution in [3.63, 3.8) is 0 Å². The summed E-state index contributed by atoms with van der Waals surface area (Å²) in [4.78, 5) is 12.9. The summed E-state index contributed by atoms with van der Waals surface area (Å²) >= 11 is 1.21. The molecule has 3 aromatic rings. The van der Waals surface area contributed by atoms with Gasteiger partial charge < -0.3 is 10.1 Å². The molecule has 1 aromatic heterocycles. The Bertz CT molecular complexity index is 1260. The van der Waals surface area contributed by atoms with Crippen molar-refractivity contribution in [2.75, 3.05) is 25.5 Å². The number of nitrogens with zero attached hydrogens (tertiary/aromatic N) is 3. The summed E-state index contributed by atoms with van der Waals surface area (Å²) in [5, 5.41) is 12.0. The number of hydrogen-bond donors (Lipinski definition) is 1. The molecule has 0 unspecified atom stereocenters. The van der Waals surface area contributed by atoms with Gasteiger partial charge in [0, 0.05) is 24.7 Å². The van der Waals surface area contributed by atoms with Crippen LogP contribution in [0.1, 0.15) is 44.7 Å². The maximum absolute atomic E-state index is 13.3. The topological polar surface area (TPSA) is 101 Å². The molecule has 1 aliphatic heterocycles. The van der Waals surface area contributed by atoms with Gasteiger partial charge in [0.05, 0.1) is 12.0 Å². The fraction of sp³-hybridized carbons (Fsp3) is 0.348. The third kappa shape index (κ3) is 5.07. The molecule has 1 amide bonds. The number of ether oxygens (including phenoxy) is 1. The number of sulfonamides is 1. The van der Waals surface area contributed by atoms with Crippen molar-refractivity contribution in [1.82, 2.24) is 14.5 Å². The minimum absolute atomic E-state index is 0.0979. The Balaban J connectivity index is 1.47. The fourth-order valence-corrected chi connectivity index (χ4v) is 6.53. The second-order valence-electron chi connectivity index (χ2n) is 8.10. The first-order chi connectivity index (χ1) is 15.8. The highest BCUT2D eigenvalue weighted by molar-refractivity contribution is 7.89. The number of amides is 1. The maximum atomic E-state index is 13.3. The van der Waals surface area contributed by atoms with E-state index >= 15 is 0 Å². The Hall–Kier alpha value is -2.82. The Morgan fingerprint density at radius 3 is 2.61 bits per heavy atom. The summed E-state index contributed by atoms with van der Waals surface area (Å²) in [5.41, 5.74) is 2.39. The molecule has 0 radical (unpaired) electrons. The van der Waals surface area contributed by atoms with Crippen molar-refractivity contribution >= 4 is 33.0 Å². The van der Waals surface area contributed by atoms with E-state index in [-0.39, 0.29) is 16.8 Å². The smallest absolute Gasteiger partial charge is 0.286 e. The molecule has 0 saturated carbocycles. The lowest BCUT2D eigenvalue weighted by molar-refractivity contribution is 0.102. The maximum Gasteiger partial charge on any atom is 0.286 e. The van der Waals surface area contributed by atoms with E-state index in [0.29, 0.717) is 34.4 Å². The van der Waals surface area contributed by atoms with Gasteiger partial charge in [0.1, 0.15) is 10.8 Å². The largest absolute Gasteiger partial charge is 0.497 e. The highest BCUT2D eigenvalue weighted by Crippen LogP contribution is 2.33. The third-order valence-electron chi connectivity index (χ3n) is 5.66. The van der Waals surface area contributed by atoms with Gasteiger partial charge in [-0.15, -0.1) is 10.2 Å². The summed E-state index contributed by atoms with van der Waals surface area (Å²) in [6.07, 6.45) is 1.52. The molecule has 1 saturated heterocycles. The number of piperidine rings is 1. The Morgan fingerprint density at radius 2 is 1.91 bits per heavy atom. The van der Waals surface area contributed by atoms with E-state index < -0.39 is 10.0 Å². The van der Waals surface area contributed by atoms with Crippen LogP contribution in [0.5, 0.6) is 5.75 Å².